The van der Waals surface area contributed by atoms with Crippen LogP contribution in [0.15, 0.2) is 42.5 Å². The Bertz CT molecular complexity index is 936. The van der Waals surface area contributed by atoms with Crippen LogP contribution < -0.4 is 15.6 Å². The molecule has 2 aromatic carbocycles. The van der Waals surface area contributed by atoms with E-state index in [0.717, 1.165) is 53.7 Å². The number of aromatic nitrogens is 2. The van der Waals surface area contributed by atoms with E-state index in [4.69, 9.17) is 5.73 Å². The van der Waals surface area contributed by atoms with Gasteiger partial charge >= 0.3 is 5.95 Å². The highest BCUT2D eigenvalue weighted by atomic mass is 16.2. The van der Waals surface area contributed by atoms with Crippen molar-refractivity contribution in [1.29, 1.82) is 0 Å². The molecular weight excluding hydrogens is 336 g/mol. The minimum atomic E-state index is -0.0540. The fourth-order valence-corrected chi connectivity index (χ4v) is 3.66. The van der Waals surface area contributed by atoms with Crippen molar-refractivity contribution in [3.8, 4) is 0 Å². The van der Waals surface area contributed by atoms with E-state index in [9.17, 15) is 4.79 Å². The number of anilines is 2. The summed E-state index contributed by atoms with van der Waals surface area (Å²) in [5, 5.41) is 3.14. The number of nitrogens with two attached hydrogens (primary N) is 1. The molecule has 5 nitrogen and oxygen atoms in total. The van der Waals surface area contributed by atoms with Gasteiger partial charge in [0.15, 0.2) is 6.54 Å². The van der Waals surface area contributed by atoms with E-state index in [1.54, 1.807) is 0 Å². The summed E-state index contributed by atoms with van der Waals surface area (Å²) in [6.07, 6.45) is 2.75. The van der Waals surface area contributed by atoms with Crippen LogP contribution in [0.25, 0.3) is 11.0 Å². The fraction of sp³-hybridized carbons (Fsp3) is 0.364. The van der Waals surface area contributed by atoms with Crippen LogP contribution in [0.3, 0.4) is 0 Å². The van der Waals surface area contributed by atoms with Crippen molar-refractivity contribution < 1.29 is 9.36 Å². The second-order valence-electron chi connectivity index (χ2n) is 6.79. The molecule has 0 saturated carbocycles. The second kappa shape index (κ2) is 8.25. The van der Waals surface area contributed by atoms with Gasteiger partial charge in [0.25, 0.3) is 5.91 Å². The van der Waals surface area contributed by atoms with Gasteiger partial charge in [-0.15, -0.1) is 0 Å². The molecular formula is C22H29N4O+. The van der Waals surface area contributed by atoms with Gasteiger partial charge in [-0.3, -0.25) is 10.5 Å². The number of nitrogens with zero attached hydrogens (tertiary/aromatic N) is 2. The minimum Gasteiger partial charge on any atom is -0.323 e. The Balaban J connectivity index is 1.93. The number of fused-ring (bicyclic) bond motifs is 1. The predicted molar refractivity (Wildman–Crippen MR) is 111 cm³/mol. The van der Waals surface area contributed by atoms with Gasteiger partial charge in [-0.25, -0.2) is 9.13 Å². The molecule has 0 bridgehead atoms. The normalized spacial score (nSPS) is 11.1. The molecule has 0 aliphatic heterocycles. The van der Waals surface area contributed by atoms with Crippen molar-refractivity contribution in [3.63, 3.8) is 0 Å². The van der Waals surface area contributed by atoms with E-state index < -0.39 is 0 Å². The molecule has 27 heavy (non-hydrogen) atoms. The van der Waals surface area contributed by atoms with E-state index in [1.165, 1.54) is 0 Å². The number of hydrogen-bond donors (Lipinski definition) is 2. The Hall–Kier alpha value is -2.82. The van der Waals surface area contributed by atoms with Crippen LogP contribution in [-0.2, 0) is 30.7 Å². The summed E-state index contributed by atoms with van der Waals surface area (Å²) in [6, 6.07) is 14.3. The lowest BCUT2D eigenvalue weighted by Gasteiger charge is -2.14. The Morgan fingerprint density at radius 2 is 1.70 bits per heavy atom. The number of rotatable bonds is 7. The van der Waals surface area contributed by atoms with E-state index >= 15 is 0 Å². The third-order valence-electron chi connectivity index (χ3n) is 5.03. The van der Waals surface area contributed by atoms with E-state index in [1.807, 2.05) is 22.8 Å². The summed E-state index contributed by atoms with van der Waals surface area (Å²) in [7, 11) is 0. The van der Waals surface area contributed by atoms with Crippen molar-refractivity contribution >= 4 is 28.6 Å². The molecule has 0 fully saturated rings. The van der Waals surface area contributed by atoms with Gasteiger partial charge in [-0.2, -0.15) is 0 Å². The number of amides is 1. The molecule has 3 N–H and O–H groups in total. The molecule has 0 saturated heterocycles. The number of para-hydroxylation sites is 3. The number of nitrogen functional groups attached to an aromatic ring is 1. The van der Waals surface area contributed by atoms with Gasteiger partial charge in [0, 0.05) is 5.69 Å². The minimum absolute atomic E-state index is 0.0540. The van der Waals surface area contributed by atoms with Gasteiger partial charge in [0.2, 0.25) is 0 Å². The number of carbonyl (C=O) groups is 1. The average molecular weight is 366 g/mol. The molecule has 3 aromatic rings. The van der Waals surface area contributed by atoms with Crippen LogP contribution >= 0.6 is 0 Å². The maximum Gasteiger partial charge on any atom is 0.356 e. The van der Waals surface area contributed by atoms with Gasteiger partial charge in [-0.05, 0) is 42.5 Å². The van der Waals surface area contributed by atoms with E-state index in [2.05, 4.69) is 54.9 Å². The molecule has 1 heterocycles. The zero-order chi connectivity index (χ0) is 19.4. The molecule has 0 aliphatic carbocycles. The molecule has 0 aliphatic rings. The molecule has 1 amide bonds. The summed E-state index contributed by atoms with van der Waals surface area (Å²) in [5.41, 5.74) is 11.7. The first kappa shape index (κ1) is 19.0. The Labute approximate surface area is 160 Å². The number of benzene rings is 2. The smallest absolute Gasteiger partial charge is 0.323 e. The van der Waals surface area contributed by atoms with Gasteiger partial charge in [0.05, 0.1) is 6.54 Å². The summed E-state index contributed by atoms with van der Waals surface area (Å²) in [5.74, 6) is 0.564. The van der Waals surface area contributed by atoms with E-state index in [-0.39, 0.29) is 12.5 Å². The standard InChI is InChI=1S/C22H28N4O/c1-4-14-25-18-12-7-8-13-19(18)26(22(25)23)15-20(27)24-21-16(5-2)10-9-11-17(21)6-3/h7-13,23H,4-6,14-15H2,1-3H3,(H,24,27)/p+1. The lowest BCUT2D eigenvalue weighted by molar-refractivity contribution is -0.643. The largest absolute Gasteiger partial charge is 0.356 e. The lowest BCUT2D eigenvalue weighted by Crippen LogP contribution is -2.42. The van der Waals surface area contributed by atoms with Crippen molar-refractivity contribution in [2.45, 2.75) is 53.1 Å². The number of nitrogens with one attached hydrogen (secondary N) is 1. The van der Waals surface area contributed by atoms with Gasteiger partial charge < -0.3 is 5.32 Å². The van der Waals surface area contributed by atoms with Gasteiger partial charge in [-0.1, -0.05) is 51.1 Å². The Kier molecular flexibility index (Phi) is 5.79. The van der Waals surface area contributed by atoms with Crippen LogP contribution in [0, 0.1) is 0 Å². The first-order valence-corrected chi connectivity index (χ1v) is 9.77. The van der Waals surface area contributed by atoms with Crippen molar-refractivity contribution in [2.24, 2.45) is 0 Å². The topological polar surface area (TPSA) is 63.9 Å². The molecule has 5 heteroatoms. The highest BCUT2D eigenvalue weighted by molar-refractivity contribution is 5.92. The van der Waals surface area contributed by atoms with Crippen molar-refractivity contribution in [3.05, 3.63) is 53.6 Å². The van der Waals surface area contributed by atoms with Crippen LogP contribution in [0.2, 0.25) is 0 Å². The molecule has 1 aromatic heterocycles. The molecule has 0 unspecified atom stereocenters. The molecule has 0 spiro atoms. The number of carbonyl (C=O) groups excluding carboxylic acids is 1. The van der Waals surface area contributed by atoms with Crippen LogP contribution in [0.4, 0.5) is 11.6 Å². The summed E-state index contributed by atoms with van der Waals surface area (Å²) in [6.45, 7) is 7.37. The molecule has 3 rings (SSSR count). The maximum absolute atomic E-state index is 12.9. The molecule has 142 valence electrons. The van der Waals surface area contributed by atoms with Gasteiger partial charge in [0.1, 0.15) is 11.0 Å². The Morgan fingerprint density at radius 3 is 2.33 bits per heavy atom. The first-order chi connectivity index (χ1) is 13.1. The number of aryl methyl sites for hydroxylation is 3. The quantitative estimate of drug-likeness (QED) is 0.627. The maximum atomic E-state index is 12.9. The average Bonchev–Trinajstić information content (AvgIpc) is 2.94. The molecule has 0 radical (unpaired) electrons. The predicted octanol–water partition coefficient (Wildman–Crippen LogP) is 3.68. The van der Waals surface area contributed by atoms with E-state index in [0.29, 0.717) is 5.95 Å². The summed E-state index contributed by atoms with van der Waals surface area (Å²) in [4.78, 5) is 12.9. The summed E-state index contributed by atoms with van der Waals surface area (Å²) < 4.78 is 3.99. The molecule has 0 atom stereocenters. The number of hydrogen-bond acceptors (Lipinski definition) is 2. The summed E-state index contributed by atoms with van der Waals surface area (Å²) >= 11 is 0. The highest BCUT2D eigenvalue weighted by Crippen LogP contribution is 2.23. The highest BCUT2D eigenvalue weighted by Gasteiger charge is 2.22. The zero-order valence-corrected chi connectivity index (χ0v) is 16.5. The zero-order valence-electron chi connectivity index (χ0n) is 16.5. The monoisotopic (exact) mass is 365 g/mol. The number of imidazole rings is 1. The van der Waals surface area contributed by atoms with Crippen LogP contribution in [0.1, 0.15) is 38.3 Å². The third-order valence-corrected chi connectivity index (χ3v) is 5.03. The van der Waals surface area contributed by atoms with Crippen molar-refractivity contribution in [1.82, 2.24) is 4.57 Å². The Morgan fingerprint density at radius 1 is 1.04 bits per heavy atom. The second-order valence-corrected chi connectivity index (χ2v) is 6.79. The van der Waals surface area contributed by atoms with Crippen LogP contribution in [0.5, 0.6) is 0 Å². The van der Waals surface area contributed by atoms with Crippen molar-refractivity contribution in [2.75, 3.05) is 11.1 Å². The fourth-order valence-electron chi connectivity index (χ4n) is 3.66. The third kappa shape index (κ3) is 3.68. The first-order valence-electron chi connectivity index (χ1n) is 9.77. The SMILES string of the molecule is CCCn1c(N)[n+](CC(=O)Nc2c(CC)cccc2CC)c2ccccc21. The van der Waals surface area contributed by atoms with Crippen LogP contribution in [-0.4, -0.2) is 10.5 Å². The lowest BCUT2D eigenvalue weighted by atomic mass is 10.0.